The smallest absolute Gasteiger partial charge is 0.321 e. The van der Waals surface area contributed by atoms with Crippen molar-refractivity contribution in [3.8, 4) is 0 Å². The first-order valence-corrected chi connectivity index (χ1v) is 24.2. The minimum absolute atomic E-state index is 0.0871. The van der Waals surface area contributed by atoms with Crippen molar-refractivity contribution in [2.45, 2.75) is 77.5 Å². The summed E-state index contributed by atoms with van der Waals surface area (Å²) in [5.41, 5.74) is 22.0. The molecule has 4 aromatic rings. The minimum atomic E-state index is -4.43. The number of pyridine rings is 1. The summed E-state index contributed by atoms with van der Waals surface area (Å²) in [6.07, 6.45) is 6.99. The number of carbonyl (C=O) groups excluding carboxylic acids is 4. The van der Waals surface area contributed by atoms with Crippen LogP contribution in [-0.4, -0.2) is 127 Å². The Morgan fingerprint density at radius 1 is 0.438 bits per heavy atom. The van der Waals surface area contributed by atoms with Gasteiger partial charge in [-0.05, 0) is 39.8 Å². The van der Waals surface area contributed by atoms with Gasteiger partial charge in [0.05, 0.1) is 47.6 Å². The van der Waals surface area contributed by atoms with E-state index in [4.69, 9.17) is 62.1 Å². The van der Waals surface area contributed by atoms with E-state index in [0.717, 1.165) is 31.0 Å². The highest BCUT2D eigenvalue weighted by Crippen LogP contribution is 2.33. The van der Waals surface area contributed by atoms with Crippen LogP contribution in [0.2, 0.25) is 0 Å². The number of rotatable bonds is 16. The molecule has 0 aromatic carbocycles. The van der Waals surface area contributed by atoms with Gasteiger partial charge in [0.2, 0.25) is 0 Å². The van der Waals surface area contributed by atoms with E-state index in [1.807, 2.05) is 0 Å². The molecule has 0 radical (unpaired) electrons. The molecule has 0 bridgehead atoms. The van der Waals surface area contributed by atoms with Gasteiger partial charge in [0.15, 0.2) is 16.7 Å². The van der Waals surface area contributed by atoms with Gasteiger partial charge >= 0.3 is 30.4 Å². The molecule has 64 heavy (non-hydrogen) atoms. The highest BCUT2D eigenvalue weighted by Gasteiger charge is 2.23. The molecule has 32 heteroatoms. The average molecular weight is 981 g/mol. The third kappa shape index (κ3) is 21.9. The maximum Gasteiger partial charge on any atom is 0.377 e. The quantitative estimate of drug-likeness (QED) is 0.0468. The predicted molar refractivity (Wildman–Crippen MR) is 224 cm³/mol. The lowest BCUT2D eigenvalue weighted by molar-refractivity contribution is -0.119. The number of hydrogen-bond acceptors (Lipinski definition) is 20. The summed E-state index contributed by atoms with van der Waals surface area (Å²) in [7, 11) is -17.4. The Morgan fingerprint density at radius 2 is 0.812 bits per heavy atom. The van der Waals surface area contributed by atoms with Crippen molar-refractivity contribution < 1.29 is 76.6 Å². The van der Waals surface area contributed by atoms with Gasteiger partial charge < -0.3 is 62.1 Å². The summed E-state index contributed by atoms with van der Waals surface area (Å²) in [4.78, 5) is 136. The van der Waals surface area contributed by atoms with Crippen molar-refractivity contribution >= 4 is 75.0 Å². The number of carbonyl (C=O) groups is 4. The van der Waals surface area contributed by atoms with Crippen LogP contribution in [0.1, 0.15) is 50.7 Å². The van der Waals surface area contributed by atoms with Gasteiger partial charge in [-0.25, -0.2) is 19.9 Å². The van der Waals surface area contributed by atoms with Crippen LogP contribution in [0.25, 0.3) is 0 Å². The summed E-state index contributed by atoms with van der Waals surface area (Å²) in [6, 6.07) is 0.0138. The van der Waals surface area contributed by atoms with Gasteiger partial charge in [-0.3, -0.25) is 47.4 Å². The standard InChI is InChI=1S/C9H13N2O4P.2C8H12N3O4P.C7H11N4O4P/c1-6(12)9(10)4-7-2-3-8(5-11-7)16(13,14)15;1-5(12)7(9)2-8-10-3-6(4-11-8)16(13,14)15;1-5(12)7(9)2-6-3-11-8(4-10-6)16(13,14)15;1-4(12)5(8)2-6-9-3-7(11-10-6)16(13,14)15/h2-3,5,9H,4,10H2,1H3,(H2,13,14,15);2*3-4,7H,2,9H2,1H3,(H2,13,14,15);3,5H,2,8H2,1H3,(H2,13,14,15)/t9-;2*7-;/m000./s1. The number of ketones is 4. The highest BCUT2D eigenvalue weighted by molar-refractivity contribution is 7.61. The van der Waals surface area contributed by atoms with Gasteiger partial charge in [-0.1, -0.05) is 0 Å². The maximum atomic E-state index is 10.9. The van der Waals surface area contributed by atoms with Crippen molar-refractivity contribution in [3.63, 3.8) is 0 Å². The van der Waals surface area contributed by atoms with Crippen LogP contribution in [0.3, 0.4) is 0 Å². The molecule has 0 amide bonds. The summed E-state index contributed by atoms with van der Waals surface area (Å²) in [5, 5.41) is 6.40. The van der Waals surface area contributed by atoms with Crippen LogP contribution in [0.4, 0.5) is 0 Å². The molecule has 4 aromatic heterocycles. The maximum absolute atomic E-state index is 10.9. The molecule has 4 heterocycles. The number of aromatic nitrogens is 8. The SMILES string of the molecule is CC(=O)C(N)Cc1ncc(P(=O)(O)O)nn1.CC(=O)[C@@H](N)Cc1ccc(P(=O)(O)O)cn1.CC(=O)[C@@H](N)Cc1cnc(P(=O)(O)O)cn1.CC(=O)[C@@H](N)Cc1ncc(P(=O)(O)O)cn1. The molecule has 0 spiro atoms. The molecular formula is C32H48N12O16P4. The first kappa shape index (κ1) is 57.5. The minimum Gasteiger partial charge on any atom is -0.321 e. The number of nitrogens with zero attached hydrogens (tertiary/aromatic N) is 8. The third-order valence-corrected chi connectivity index (χ3v) is 11.3. The molecule has 0 aliphatic rings. The van der Waals surface area contributed by atoms with Crippen molar-refractivity contribution in [2.24, 2.45) is 22.9 Å². The molecule has 1 unspecified atom stereocenters. The summed E-state index contributed by atoms with van der Waals surface area (Å²) < 4.78 is 43.2. The van der Waals surface area contributed by atoms with E-state index in [1.54, 1.807) is 0 Å². The lowest BCUT2D eigenvalue weighted by Gasteiger charge is -2.08. The van der Waals surface area contributed by atoms with E-state index in [2.05, 4.69) is 40.1 Å². The number of Topliss-reactive ketones (excluding diaryl/α,β-unsaturated/α-hetero) is 4. The van der Waals surface area contributed by atoms with Crippen LogP contribution in [0.15, 0.2) is 49.3 Å². The zero-order chi connectivity index (χ0) is 49.4. The Labute approximate surface area is 363 Å². The third-order valence-electron chi connectivity index (χ3n) is 7.81. The number of hydrogen-bond donors (Lipinski definition) is 12. The zero-order valence-corrected chi connectivity index (χ0v) is 37.9. The molecule has 0 saturated carbocycles. The Hall–Kier alpha value is -4.56. The number of nitrogens with two attached hydrogens (primary N) is 4. The lowest BCUT2D eigenvalue weighted by atomic mass is 10.1. The second-order valence-electron chi connectivity index (χ2n) is 13.3. The fourth-order valence-electron chi connectivity index (χ4n) is 3.86. The van der Waals surface area contributed by atoms with E-state index >= 15 is 0 Å². The molecular weight excluding hydrogens is 932 g/mol. The fraction of sp³-hybridized carbons (Fsp3) is 0.375. The van der Waals surface area contributed by atoms with E-state index < -0.39 is 65.4 Å². The molecule has 352 valence electrons. The normalized spacial score (nSPS) is 13.5. The molecule has 0 aliphatic heterocycles. The fourth-order valence-corrected chi connectivity index (χ4v) is 5.53. The monoisotopic (exact) mass is 980 g/mol. The second kappa shape index (κ2) is 25.2. The van der Waals surface area contributed by atoms with Gasteiger partial charge in [0, 0.05) is 56.2 Å². The summed E-state index contributed by atoms with van der Waals surface area (Å²) in [6.45, 7) is 5.44. The van der Waals surface area contributed by atoms with Crippen LogP contribution < -0.4 is 44.4 Å². The summed E-state index contributed by atoms with van der Waals surface area (Å²) >= 11 is 0. The van der Waals surface area contributed by atoms with Gasteiger partial charge in [0.25, 0.3) is 0 Å². The molecule has 28 nitrogen and oxygen atoms in total. The largest absolute Gasteiger partial charge is 0.377 e. The molecule has 4 rings (SSSR count). The van der Waals surface area contributed by atoms with E-state index in [1.165, 1.54) is 46.0 Å². The van der Waals surface area contributed by atoms with E-state index in [-0.39, 0.29) is 71.1 Å². The van der Waals surface area contributed by atoms with E-state index in [0.29, 0.717) is 11.4 Å². The van der Waals surface area contributed by atoms with Crippen molar-refractivity contribution in [1.29, 1.82) is 0 Å². The molecule has 16 N–H and O–H groups in total. The Balaban J connectivity index is 0.000000427. The topological polar surface area (TPSA) is 506 Å². The Bertz CT molecular complexity index is 2040. The molecule has 0 aliphatic carbocycles. The highest BCUT2D eigenvalue weighted by atomic mass is 31.2. The summed E-state index contributed by atoms with van der Waals surface area (Å²) in [5.74, 6) is -0.299. The van der Waals surface area contributed by atoms with Gasteiger partial charge in [-0.2, -0.15) is 0 Å². The second-order valence-corrected chi connectivity index (χ2v) is 19.6. The Morgan fingerprint density at radius 3 is 1.16 bits per heavy atom. The Kier molecular flexibility index (Phi) is 22.6. The van der Waals surface area contributed by atoms with Crippen molar-refractivity contribution in [2.75, 3.05) is 0 Å². The predicted octanol–water partition coefficient (Wildman–Crippen LogP) is -5.05. The van der Waals surface area contributed by atoms with Crippen LogP contribution in [-0.2, 0) is 63.1 Å². The van der Waals surface area contributed by atoms with Crippen LogP contribution in [0, 0.1) is 0 Å². The van der Waals surface area contributed by atoms with Gasteiger partial charge in [0.1, 0.15) is 34.3 Å². The van der Waals surface area contributed by atoms with E-state index in [9.17, 15) is 37.4 Å². The van der Waals surface area contributed by atoms with Gasteiger partial charge in [-0.15, -0.1) is 10.2 Å². The molecule has 4 atom stereocenters. The van der Waals surface area contributed by atoms with Crippen molar-refractivity contribution in [3.05, 3.63) is 72.4 Å². The van der Waals surface area contributed by atoms with Crippen molar-refractivity contribution in [1.82, 2.24) is 40.1 Å². The molecule has 0 fully saturated rings. The lowest BCUT2D eigenvalue weighted by Crippen LogP contribution is -2.31. The average Bonchev–Trinajstić information content (AvgIpc) is 3.18. The molecule has 0 saturated heterocycles. The van der Waals surface area contributed by atoms with Crippen LogP contribution in [0.5, 0.6) is 0 Å². The zero-order valence-electron chi connectivity index (χ0n) is 34.3. The van der Waals surface area contributed by atoms with Crippen LogP contribution >= 0.6 is 30.4 Å². The first-order valence-electron chi connectivity index (χ1n) is 17.8. The first-order chi connectivity index (χ1) is 29.2.